The molecule has 0 aromatic heterocycles. The minimum Gasteiger partial charge on any atom is -0.494 e. The van der Waals surface area contributed by atoms with Crippen LogP contribution in [0.4, 0.5) is 0 Å². The average molecular weight is 243 g/mol. The Kier molecular flexibility index (Phi) is 5.60. The summed E-state index contributed by atoms with van der Waals surface area (Å²) in [6, 6.07) is 8.63. The summed E-state index contributed by atoms with van der Waals surface area (Å²) in [7, 11) is 0. The van der Waals surface area contributed by atoms with Crippen LogP contribution < -0.4 is 15.4 Å². The third-order valence-electron chi connectivity index (χ3n) is 2.64. The summed E-state index contributed by atoms with van der Waals surface area (Å²) in [5.41, 5.74) is 1.26. The van der Waals surface area contributed by atoms with Gasteiger partial charge in [-0.15, -0.1) is 12.4 Å². The van der Waals surface area contributed by atoms with Crippen LogP contribution in [0.25, 0.3) is 0 Å². The van der Waals surface area contributed by atoms with E-state index in [0.717, 1.165) is 32.0 Å². The van der Waals surface area contributed by atoms with E-state index in [4.69, 9.17) is 4.74 Å². The minimum atomic E-state index is 0. The second-order valence-electron chi connectivity index (χ2n) is 3.68. The SMILES string of the molecule is CCOc1ccccc1[C@@H]1CNCCN1.Cl. The summed E-state index contributed by atoms with van der Waals surface area (Å²) in [6.07, 6.45) is 0. The highest BCUT2D eigenvalue weighted by molar-refractivity contribution is 5.85. The van der Waals surface area contributed by atoms with Crippen molar-refractivity contribution in [1.29, 1.82) is 0 Å². The zero-order chi connectivity index (χ0) is 10.5. The summed E-state index contributed by atoms with van der Waals surface area (Å²) < 4.78 is 5.62. The Morgan fingerprint density at radius 3 is 2.81 bits per heavy atom. The smallest absolute Gasteiger partial charge is 0.124 e. The van der Waals surface area contributed by atoms with Crippen LogP contribution in [0.3, 0.4) is 0 Å². The Morgan fingerprint density at radius 1 is 1.31 bits per heavy atom. The molecular weight excluding hydrogens is 224 g/mol. The van der Waals surface area contributed by atoms with Crippen molar-refractivity contribution in [3.8, 4) is 5.75 Å². The van der Waals surface area contributed by atoms with Gasteiger partial charge in [-0.1, -0.05) is 18.2 Å². The number of hydrogen-bond acceptors (Lipinski definition) is 3. The molecular formula is C12H19ClN2O. The lowest BCUT2D eigenvalue weighted by Crippen LogP contribution is -2.42. The summed E-state index contributed by atoms with van der Waals surface area (Å²) >= 11 is 0. The predicted molar refractivity (Wildman–Crippen MR) is 68.5 cm³/mol. The molecule has 0 bridgehead atoms. The normalized spacial score (nSPS) is 19.9. The van der Waals surface area contributed by atoms with Gasteiger partial charge in [-0.2, -0.15) is 0 Å². The van der Waals surface area contributed by atoms with E-state index in [1.807, 2.05) is 19.1 Å². The molecule has 90 valence electrons. The maximum atomic E-state index is 5.62. The zero-order valence-electron chi connectivity index (χ0n) is 9.53. The highest BCUT2D eigenvalue weighted by Gasteiger charge is 2.17. The van der Waals surface area contributed by atoms with Crippen LogP contribution in [0.1, 0.15) is 18.5 Å². The van der Waals surface area contributed by atoms with E-state index in [0.29, 0.717) is 6.04 Å². The summed E-state index contributed by atoms with van der Waals surface area (Å²) in [5.74, 6) is 1.00. The van der Waals surface area contributed by atoms with Crippen LogP contribution >= 0.6 is 12.4 Å². The van der Waals surface area contributed by atoms with Gasteiger partial charge in [-0.3, -0.25) is 0 Å². The van der Waals surface area contributed by atoms with E-state index >= 15 is 0 Å². The molecule has 1 atom stereocenters. The van der Waals surface area contributed by atoms with Crippen LogP contribution in [-0.4, -0.2) is 26.2 Å². The number of nitrogens with one attached hydrogen (secondary N) is 2. The van der Waals surface area contributed by atoms with E-state index in [9.17, 15) is 0 Å². The number of hydrogen-bond donors (Lipinski definition) is 2. The van der Waals surface area contributed by atoms with Gasteiger partial charge in [0.15, 0.2) is 0 Å². The second kappa shape index (κ2) is 6.74. The van der Waals surface area contributed by atoms with Crippen LogP contribution in [0.15, 0.2) is 24.3 Å². The number of piperazine rings is 1. The van der Waals surface area contributed by atoms with E-state index in [1.165, 1.54) is 5.56 Å². The van der Waals surface area contributed by atoms with Crippen molar-refractivity contribution in [2.75, 3.05) is 26.2 Å². The van der Waals surface area contributed by atoms with Crippen molar-refractivity contribution in [3.63, 3.8) is 0 Å². The number of para-hydroxylation sites is 1. The van der Waals surface area contributed by atoms with Crippen molar-refractivity contribution in [2.24, 2.45) is 0 Å². The topological polar surface area (TPSA) is 33.3 Å². The quantitative estimate of drug-likeness (QED) is 0.847. The molecule has 0 unspecified atom stereocenters. The Balaban J connectivity index is 0.00000128. The first-order valence-electron chi connectivity index (χ1n) is 5.57. The number of ether oxygens (including phenoxy) is 1. The summed E-state index contributed by atoms with van der Waals surface area (Å²) in [6.45, 7) is 5.78. The molecule has 1 heterocycles. The lowest BCUT2D eigenvalue weighted by Gasteiger charge is -2.26. The molecule has 1 fully saturated rings. The predicted octanol–water partition coefficient (Wildman–Crippen LogP) is 1.74. The van der Waals surface area contributed by atoms with Crippen molar-refractivity contribution in [3.05, 3.63) is 29.8 Å². The molecule has 16 heavy (non-hydrogen) atoms. The Hall–Kier alpha value is -0.770. The molecule has 1 aliphatic heterocycles. The van der Waals surface area contributed by atoms with Gasteiger partial charge >= 0.3 is 0 Å². The fourth-order valence-electron chi connectivity index (χ4n) is 1.93. The van der Waals surface area contributed by atoms with E-state index in [2.05, 4.69) is 22.8 Å². The lowest BCUT2D eigenvalue weighted by atomic mass is 10.0. The van der Waals surface area contributed by atoms with Gasteiger partial charge in [-0.05, 0) is 13.0 Å². The molecule has 3 nitrogen and oxygen atoms in total. The third-order valence-corrected chi connectivity index (χ3v) is 2.64. The van der Waals surface area contributed by atoms with Crippen LogP contribution in [0.2, 0.25) is 0 Å². The highest BCUT2D eigenvalue weighted by Crippen LogP contribution is 2.25. The maximum absolute atomic E-state index is 5.62. The summed E-state index contributed by atoms with van der Waals surface area (Å²) in [4.78, 5) is 0. The monoisotopic (exact) mass is 242 g/mol. The molecule has 1 aromatic rings. The van der Waals surface area contributed by atoms with Gasteiger partial charge in [0.25, 0.3) is 0 Å². The van der Waals surface area contributed by atoms with Gasteiger partial charge in [0.2, 0.25) is 0 Å². The first-order valence-corrected chi connectivity index (χ1v) is 5.57. The first kappa shape index (κ1) is 13.3. The van der Waals surface area contributed by atoms with Gasteiger partial charge in [0, 0.05) is 31.2 Å². The van der Waals surface area contributed by atoms with Crippen molar-refractivity contribution in [2.45, 2.75) is 13.0 Å². The van der Waals surface area contributed by atoms with E-state index in [-0.39, 0.29) is 12.4 Å². The number of benzene rings is 1. The standard InChI is InChI=1S/C12H18N2O.ClH/c1-2-15-12-6-4-3-5-10(12)11-9-13-7-8-14-11;/h3-6,11,13-14H,2,7-9H2,1H3;1H/t11-;/m0./s1. The zero-order valence-corrected chi connectivity index (χ0v) is 10.3. The molecule has 1 saturated heterocycles. The van der Waals surface area contributed by atoms with E-state index < -0.39 is 0 Å². The third kappa shape index (κ3) is 3.11. The molecule has 2 N–H and O–H groups in total. The summed E-state index contributed by atoms with van der Waals surface area (Å²) in [5, 5.41) is 6.88. The second-order valence-corrected chi connectivity index (χ2v) is 3.68. The Bertz CT molecular complexity index is 314. The van der Waals surface area contributed by atoms with Crippen LogP contribution in [-0.2, 0) is 0 Å². The fraction of sp³-hybridized carbons (Fsp3) is 0.500. The molecule has 0 spiro atoms. The fourth-order valence-corrected chi connectivity index (χ4v) is 1.93. The lowest BCUT2D eigenvalue weighted by molar-refractivity contribution is 0.326. The molecule has 0 radical (unpaired) electrons. The van der Waals surface area contributed by atoms with Crippen molar-refractivity contribution in [1.82, 2.24) is 10.6 Å². The molecule has 1 aliphatic rings. The van der Waals surface area contributed by atoms with Crippen LogP contribution in [0, 0.1) is 0 Å². The Morgan fingerprint density at radius 2 is 2.12 bits per heavy atom. The first-order chi connectivity index (χ1) is 7.42. The molecule has 1 aromatic carbocycles. The van der Waals surface area contributed by atoms with Gasteiger partial charge in [0.05, 0.1) is 6.61 Å². The van der Waals surface area contributed by atoms with Crippen LogP contribution in [0.5, 0.6) is 5.75 Å². The average Bonchev–Trinajstić information content (AvgIpc) is 2.31. The Labute approximate surface area is 103 Å². The van der Waals surface area contributed by atoms with Gasteiger partial charge in [0.1, 0.15) is 5.75 Å². The molecule has 4 heteroatoms. The van der Waals surface area contributed by atoms with Crippen molar-refractivity contribution < 1.29 is 4.74 Å². The van der Waals surface area contributed by atoms with E-state index in [1.54, 1.807) is 0 Å². The largest absolute Gasteiger partial charge is 0.494 e. The van der Waals surface area contributed by atoms with Gasteiger partial charge in [-0.25, -0.2) is 0 Å². The molecule has 0 amide bonds. The van der Waals surface area contributed by atoms with Gasteiger partial charge < -0.3 is 15.4 Å². The highest BCUT2D eigenvalue weighted by atomic mass is 35.5. The number of halogens is 1. The maximum Gasteiger partial charge on any atom is 0.124 e. The molecule has 0 aliphatic carbocycles. The minimum absolute atomic E-state index is 0. The molecule has 2 rings (SSSR count). The number of rotatable bonds is 3. The molecule has 0 saturated carbocycles. The van der Waals surface area contributed by atoms with Crippen molar-refractivity contribution >= 4 is 12.4 Å².